The van der Waals surface area contributed by atoms with Gasteiger partial charge in [-0.15, -0.1) is 0 Å². The van der Waals surface area contributed by atoms with Crippen molar-refractivity contribution in [3.05, 3.63) is 46.4 Å². The first-order chi connectivity index (χ1) is 9.83. The van der Waals surface area contributed by atoms with Gasteiger partial charge in [0.25, 0.3) is 0 Å². The van der Waals surface area contributed by atoms with Crippen LogP contribution in [0.4, 0.5) is 5.69 Å². The van der Waals surface area contributed by atoms with E-state index in [0.29, 0.717) is 15.8 Å². The summed E-state index contributed by atoms with van der Waals surface area (Å²) < 4.78 is 31.3. The average molecular weight is 347 g/mol. The minimum atomic E-state index is -3.59. The molecule has 0 aliphatic heterocycles. The Morgan fingerprint density at radius 2 is 1.81 bits per heavy atom. The van der Waals surface area contributed by atoms with Crippen LogP contribution in [0.1, 0.15) is 0 Å². The molecule has 0 aliphatic carbocycles. The number of rotatable bonds is 4. The summed E-state index contributed by atoms with van der Waals surface area (Å²) in [5.74, 6) is 0.516. The van der Waals surface area contributed by atoms with Crippen molar-refractivity contribution in [2.45, 2.75) is 4.90 Å². The number of nitrogen functional groups attached to an aromatic ring is 1. The molecule has 0 fully saturated rings. The highest BCUT2D eigenvalue weighted by atomic mass is 35.5. The molecule has 0 saturated carbocycles. The first-order valence-electron chi connectivity index (χ1n) is 5.79. The van der Waals surface area contributed by atoms with Crippen LogP contribution in [-0.2, 0) is 10.0 Å². The Morgan fingerprint density at radius 1 is 1.10 bits per heavy atom. The highest BCUT2D eigenvalue weighted by Gasteiger charge is 2.15. The van der Waals surface area contributed by atoms with Gasteiger partial charge in [0.15, 0.2) is 5.75 Å². The van der Waals surface area contributed by atoms with Crippen LogP contribution < -0.4 is 15.2 Å². The van der Waals surface area contributed by atoms with Crippen molar-refractivity contribution in [2.24, 2.45) is 0 Å². The summed E-state index contributed by atoms with van der Waals surface area (Å²) in [6.45, 7) is 0. The molecule has 0 unspecified atom stereocenters. The molecule has 0 aromatic heterocycles. The zero-order valence-electron chi connectivity index (χ0n) is 10.9. The van der Waals surface area contributed by atoms with E-state index in [1.54, 1.807) is 12.1 Å². The van der Waals surface area contributed by atoms with Crippen LogP contribution in [-0.4, -0.2) is 15.5 Å². The number of nitrogens with one attached hydrogen (secondary N) is 1. The summed E-state index contributed by atoms with van der Waals surface area (Å²) in [7, 11) is -2.26. The van der Waals surface area contributed by atoms with Gasteiger partial charge < -0.3 is 10.5 Å². The lowest BCUT2D eigenvalue weighted by atomic mass is 10.3. The summed E-state index contributed by atoms with van der Waals surface area (Å²) in [5, 5.41) is 0.760. The predicted octanol–water partition coefficient (Wildman–Crippen LogP) is 3.28. The minimum absolute atomic E-state index is 0.0410. The van der Waals surface area contributed by atoms with Crippen molar-refractivity contribution >= 4 is 38.9 Å². The van der Waals surface area contributed by atoms with Crippen LogP contribution in [0.25, 0.3) is 0 Å². The zero-order valence-corrected chi connectivity index (χ0v) is 13.3. The third-order valence-corrected chi connectivity index (χ3v) is 4.62. The number of halogens is 2. The number of nitrogens with two attached hydrogens (primary N) is 1. The van der Waals surface area contributed by atoms with Crippen LogP contribution in [0.3, 0.4) is 0 Å². The van der Waals surface area contributed by atoms with Crippen molar-refractivity contribution in [1.82, 2.24) is 4.72 Å². The zero-order chi connectivity index (χ0) is 15.6. The SMILES string of the molecule is CNS(=O)(=O)c1ccc(N)c(Oc2ccc(Cl)cc2Cl)c1. The van der Waals surface area contributed by atoms with Gasteiger partial charge in [-0.05, 0) is 37.4 Å². The second-order valence-electron chi connectivity index (χ2n) is 4.08. The quantitative estimate of drug-likeness (QED) is 0.832. The van der Waals surface area contributed by atoms with Crippen molar-refractivity contribution in [2.75, 3.05) is 12.8 Å². The van der Waals surface area contributed by atoms with Gasteiger partial charge in [0.05, 0.1) is 15.6 Å². The Hall–Kier alpha value is -1.47. The number of sulfonamides is 1. The third-order valence-electron chi connectivity index (χ3n) is 2.68. The molecule has 3 N–H and O–H groups in total. The van der Waals surface area contributed by atoms with Gasteiger partial charge >= 0.3 is 0 Å². The maximum Gasteiger partial charge on any atom is 0.240 e. The second-order valence-corrected chi connectivity index (χ2v) is 6.81. The molecule has 0 spiro atoms. The molecule has 0 atom stereocenters. The lowest BCUT2D eigenvalue weighted by molar-refractivity contribution is 0.483. The molecular weight excluding hydrogens is 335 g/mol. The molecule has 2 aromatic carbocycles. The van der Waals surface area contributed by atoms with Gasteiger partial charge in [-0.2, -0.15) is 0 Å². The van der Waals surface area contributed by atoms with Crippen molar-refractivity contribution < 1.29 is 13.2 Å². The highest BCUT2D eigenvalue weighted by Crippen LogP contribution is 2.35. The normalized spacial score (nSPS) is 11.4. The summed E-state index contributed by atoms with van der Waals surface area (Å²) in [6, 6.07) is 8.85. The monoisotopic (exact) mass is 346 g/mol. The first-order valence-corrected chi connectivity index (χ1v) is 8.03. The fraction of sp³-hybridized carbons (Fsp3) is 0.0769. The van der Waals surface area contributed by atoms with Gasteiger partial charge in [-0.1, -0.05) is 23.2 Å². The lowest BCUT2D eigenvalue weighted by Crippen LogP contribution is -2.18. The van der Waals surface area contributed by atoms with Gasteiger partial charge in [0.2, 0.25) is 10.0 Å². The van der Waals surface area contributed by atoms with E-state index in [9.17, 15) is 8.42 Å². The lowest BCUT2D eigenvalue weighted by Gasteiger charge is -2.12. The van der Waals surface area contributed by atoms with E-state index in [4.69, 9.17) is 33.7 Å². The van der Waals surface area contributed by atoms with Crippen LogP contribution in [0.2, 0.25) is 10.0 Å². The highest BCUT2D eigenvalue weighted by molar-refractivity contribution is 7.89. The molecule has 0 amide bonds. The first kappa shape index (κ1) is 15.9. The molecule has 0 bridgehead atoms. The molecular formula is C13H12Cl2N2O3S. The van der Waals surface area contributed by atoms with Crippen molar-refractivity contribution in [1.29, 1.82) is 0 Å². The molecule has 2 aromatic rings. The average Bonchev–Trinajstić information content (AvgIpc) is 2.43. The molecule has 0 aliphatic rings. The Morgan fingerprint density at radius 3 is 2.43 bits per heavy atom. The number of benzene rings is 2. The third kappa shape index (κ3) is 3.59. The molecule has 112 valence electrons. The number of anilines is 1. The van der Waals surface area contributed by atoms with E-state index in [-0.39, 0.29) is 16.3 Å². The Bertz CT molecular complexity index is 779. The van der Waals surface area contributed by atoms with E-state index in [1.807, 2.05) is 0 Å². The van der Waals surface area contributed by atoms with E-state index in [1.165, 1.54) is 31.3 Å². The predicted molar refractivity (Wildman–Crippen MR) is 83.6 cm³/mol. The smallest absolute Gasteiger partial charge is 0.240 e. The van der Waals surface area contributed by atoms with Crippen LogP contribution >= 0.6 is 23.2 Å². The van der Waals surface area contributed by atoms with E-state index in [0.717, 1.165) is 0 Å². The van der Waals surface area contributed by atoms with Gasteiger partial charge in [0.1, 0.15) is 5.75 Å². The second kappa shape index (κ2) is 6.11. The van der Waals surface area contributed by atoms with Crippen LogP contribution in [0, 0.1) is 0 Å². The molecule has 2 rings (SSSR count). The standard InChI is InChI=1S/C13H12Cl2N2O3S/c1-17-21(18,19)9-3-4-11(16)13(7-9)20-12-5-2-8(14)6-10(12)15/h2-7,17H,16H2,1H3. The van der Waals surface area contributed by atoms with E-state index >= 15 is 0 Å². The summed E-state index contributed by atoms with van der Waals surface area (Å²) in [6.07, 6.45) is 0. The summed E-state index contributed by atoms with van der Waals surface area (Å²) in [5.41, 5.74) is 6.08. The molecule has 0 radical (unpaired) electrons. The van der Waals surface area contributed by atoms with Gasteiger partial charge in [-0.3, -0.25) is 0 Å². The fourth-order valence-corrected chi connectivity index (χ4v) is 2.76. The van der Waals surface area contributed by atoms with Crippen LogP contribution in [0.5, 0.6) is 11.5 Å². The molecule has 5 nitrogen and oxygen atoms in total. The fourth-order valence-electron chi connectivity index (χ4n) is 1.56. The van der Waals surface area contributed by atoms with Gasteiger partial charge in [-0.25, -0.2) is 13.1 Å². The summed E-state index contributed by atoms with van der Waals surface area (Å²) in [4.78, 5) is 0.0410. The van der Waals surface area contributed by atoms with Gasteiger partial charge in [0, 0.05) is 11.1 Å². The van der Waals surface area contributed by atoms with E-state index < -0.39 is 10.0 Å². The Kier molecular flexibility index (Phi) is 4.63. The summed E-state index contributed by atoms with van der Waals surface area (Å²) >= 11 is 11.8. The topological polar surface area (TPSA) is 81.4 Å². The van der Waals surface area contributed by atoms with Crippen molar-refractivity contribution in [3.63, 3.8) is 0 Å². The number of ether oxygens (including phenoxy) is 1. The maximum atomic E-state index is 11.8. The minimum Gasteiger partial charge on any atom is -0.454 e. The van der Waals surface area contributed by atoms with Crippen molar-refractivity contribution in [3.8, 4) is 11.5 Å². The molecule has 0 saturated heterocycles. The van der Waals surface area contributed by atoms with Crippen LogP contribution in [0.15, 0.2) is 41.3 Å². The number of hydrogen-bond acceptors (Lipinski definition) is 4. The molecule has 0 heterocycles. The Labute approximate surface area is 132 Å². The number of hydrogen-bond donors (Lipinski definition) is 2. The molecule has 8 heteroatoms. The Balaban J connectivity index is 2.42. The van der Waals surface area contributed by atoms with E-state index in [2.05, 4.69) is 4.72 Å². The molecule has 21 heavy (non-hydrogen) atoms. The largest absolute Gasteiger partial charge is 0.454 e. The maximum absolute atomic E-state index is 11.8.